The number of aliphatic carboxylic acids is 1. The summed E-state index contributed by atoms with van der Waals surface area (Å²) >= 11 is 5.96. The highest BCUT2D eigenvalue weighted by atomic mass is 35.5. The standard InChI is InChI=1S/C9H11ClN4O.C2H4O2/c1-15-8-4-2-3-7(10)6(8)5-13-14-9(11)12;1-2(3)4/h2-5H,1H3,(H4,11,12,14);1H3,(H,3,4). The van der Waals surface area contributed by atoms with E-state index >= 15 is 0 Å². The highest BCUT2D eigenvalue weighted by molar-refractivity contribution is 6.33. The zero-order valence-corrected chi connectivity index (χ0v) is 11.2. The van der Waals surface area contributed by atoms with Crippen molar-refractivity contribution in [1.29, 1.82) is 5.40 Å². The molecule has 0 fully saturated rings. The number of carboxylic acids is 1. The van der Waals surface area contributed by atoms with Gasteiger partial charge < -0.3 is 15.6 Å². The number of rotatable bonds is 3. The summed E-state index contributed by atoms with van der Waals surface area (Å²) in [4.78, 5) is 9.00. The molecular weight excluding hydrogens is 272 g/mol. The second kappa shape index (κ2) is 8.76. The van der Waals surface area contributed by atoms with Crippen molar-refractivity contribution in [3.63, 3.8) is 0 Å². The molecule has 8 heteroatoms. The van der Waals surface area contributed by atoms with Crippen LogP contribution in [0.2, 0.25) is 6.43 Å². The maximum Gasteiger partial charge on any atom is 0.300 e. The largest absolute Gasteiger partial charge is 0.496 e. The third kappa shape index (κ3) is 7.61. The van der Waals surface area contributed by atoms with E-state index in [1.165, 1.54) is 13.3 Å². The number of hydrazone groups is 1. The summed E-state index contributed by atoms with van der Waals surface area (Å²) in [6, 6.07) is 5.24. The molecule has 0 saturated carbocycles. The fraction of sp³-hybridized carbons (Fsp3) is 0.182. The molecule has 0 aliphatic heterocycles. The number of hydrogen-bond donors (Lipinski definition) is 4. The van der Waals surface area contributed by atoms with Gasteiger partial charge in [0.15, 0.2) is 1.41 Å². The molecule has 104 valence electrons. The van der Waals surface area contributed by atoms with E-state index in [9.17, 15) is 0 Å². The Kier molecular flexibility index (Phi) is 6.81. The van der Waals surface area contributed by atoms with Crippen LogP contribution in [-0.2, 0) is 4.79 Å². The summed E-state index contributed by atoms with van der Waals surface area (Å²) in [5.74, 6) is -0.346. The number of nitrogens with two attached hydrogens (primary N) is 1. The molecule has 1 aromatic carbocycles. The average molecular weight is 287 g/mol. The summed E-state index contributed by atoms with van der Waals surface area (Å²) in [5.41, 5.74) is 8.20. The number of nitrogens with one attached hydrogen (secondary N) is 2. The molecule has 0 unspecified atom stereocenters. The molecule has 1 aromatic rings. The van der Waals surface area contributed by atoms with Crippen molar-refractivity contribution in [2.24, 2.45) is 10.8 Å². The van der Waals surface area contributed by atoms with Crippen LogP contribution in [0.4, 0.5) is 0 Å². The molecule has 0 saturated heterocycles. The number of benzene rings is 1. The van der Waals surface area contributed by atoms with Gasteiger partial charge in [-0.25, -0.2) is 5.43 Å². The van der Waals surface area contributed by atoms with E-state index in [0.717, 1.165) is 6.92 Å². The van der Waals surface area contributed by atoms with Crippen LogP contribution >= 0.6 is 11.6 Å². The minimum absolute atomic E-state index is 0.109. The molecule has 0 aromatic heterocycles. The van der Waals surface area contributed by atoms with Gasteiger partial charge in [-0.15, -0.1) is 0 Å². The lowest BCUT2D eigenvalue weighted by molar-refractivity contribution is -0.134. The third-order valence-electron chi connectivity index (χ3n) is 1.61. The minimum atomic E-state index is -0.833. The van der Waals surface area contributed by atoms with Crippen LogP contribution in [0.5, 0.6) is 5.75 Å². The molecule has 7 nitrogen and oxygen atoms in total. The van der Waals surface area contributed by atoms with Gasteiger partial charge in [0.1, 0.15) is 5.75 Å². The Hall–Kier alpha value is -2.28. The van der Waals surface area contributed by atoms with Crippen molar-refractivity contribution in [2.75, 3.05) is 7.11 Å². The van der Waals surface area contributed by atoms with Gasteiger partial charge in [-0.05, 0) is 12.1 Å². The number of methoxy groups -OCH3 is 1. The number of ether oxygens (including phenoxy) is 1. The summed E-state index contributed by atoms with van der Waals surface area (Å²) in [6.07, 6.45) is 1.44. The van der Waals surface area contributed by atoms with Crippen LogP contribution in [0.25, 0.3) is 0 Å². The van der Waals surface area contributed by atoms with E-state index < -0.39 is 5.97 Å². The first-order valence-electron chi connectivity index (χ1n) is 5.45. The Labute approximate surface area is 117 Å². The number of halogens is 1. The summed E-state index contributed by atoms with van der Waals surface area (Å²) in [6.45, 7) is 1.08. The smallest absolute Gasteiger partial charge is 0.300 e. The van der Waals surface area contributed by atoms with Crippen LogP contribution < -0.4 is 15.9 Å². The number of guanidine groups is 1. The molecule has 0 spiro atoms. The van der Waals surface area contributed by atoms with Crippen molar-refractivity contribution in [1.82, 2.24) is 5.43 Å². The molecule has 0 radical (unpaired) electrons. The summed E-state index contributed by atoms with van der Waals surface area (Å²) in [7, 11) is 1.54. The van der Waals surface area contributed by atoms with Crippen LogP contribution in [0.1, 0.15) is 12.5 Å². The fourth-order valence-electron chi connectivity index (χ4n) is 0.983. The van der Waals surface area contributed by atoms with Gasteiger partial charge in [-0.1, -0.05) is 17.7 Å². The SMILES string of the molecule is CC(=O)O.[H]/N=C(\N)NN=Cc1c(Cl)cccc1OC. The first-order chi connectivity index (χ1) is 9.42. The molecule has 0 atom stereocenters. The second-order valence-electron chi connectivity index (χ2n) is 3.13. The van der Waals surface area contributed by atoms with Gasteiger partial charge in [0, 0.05) is 6.92 Å². The van der Waals surface area contributed by atoms with E-state index in [0.29, 0.717) is 16.3 Å². The van der Waals surface area contributed by atoms with Crippen LogP contribution in [0.3, 0.4) is 0 Å². The van der Waals surface area contributed by atoms with Gasteiger partial charge in [-0.2, -0.15) is 5.10 Å². The number of hydrogen-bond acceptors (Lipinski definition) is 4. The van der Waals surface area contributed by atoms with Crippen LogP contribution in [-0.4, -0.2) is 30.4 Å². The van der Waals surface area contributed by atoms with Gasteiger partial charge in [0.25, 0.3) is 5.97 Å². The predicted molar refractivity (Wildman–Crippen MR) is 74.0 cm³/mol. The fourth-order valence-corrected chi connectivity index (χ4v) is 1.20. The predicted octanol–water partition coefficient (Wildman–Crippen LogP) is 1.26. The maximum atomic E-state index is 9.00. The Bertz CT molecular complexity index is 504. The Morgan fingerprint density at radius 2 is 2.37 bits per heavy atom. The Morgan fingerprint density at radius 1 is 1.74 bits per heavy atom. The average Bonchev–Trinajstić information content (AvgIpc) is 2.39. The Balaban J connectivity index is 0.000000796. The minimum Gasteiger partial charge on any atom is -0.496 e. The first-order valence-corrected chi connectivity index (χ1v) is 5.38. The molecule has 0 heterocycles. The quantitative estimate of drug-likeness (QED) is 0.379. The molecule has 1 rings (SSSR count). The Morgan fingerprint density at radius 3 is 2.89 bits per heavy atom. The van der Waals surface area contributed by atoms with Gasteiger partial charge in [0.05, 0.1) is 23.9 Å². The van der Waals surface area contributed by atoms with Crippen molar-refractivity contribution in [3.8, 4) is 5.75 Å². The topological polar surface area (TPSA) is 121 Å². The number of nitrogens with zero attached hydrogens (tertiary/aromatic N) is 1. The lowest BCUT2D eigenvalue weighted by Crippen LogP contribution is -2.25. The molecule has 0 aliphatic carbocycles. The van der Waals surface area contributed by atoms with Crippen molar-refractivity contribution < 1.29 is 16.0 Å². The lowest BCUT2D eigenvalue weighted by Gasteiger charge is -2.05. The number of carboxylic acid groups (broad SMARTS) is 1. The number of carbonyl (C=O) groups is 1. The van der Waals surface area contributed by atoms with Gasteiger partial charge in [-0.3, -0.25) is 10.2 Å². The first kappa shape index (κ1) is 14.8. The zero-order valence-electron chi connectivity index (χ0n) is 11.4. The molecule has 0 amide bonds. The molecular formula is C11H15ClN4O3. The van der Waals surface area contributed by atoms with E-state index in [1.807, 2.05) is 0 Å². The van der Waals surface area contributed by atoms with Crippen LogP contribution in [0.15, 0.2) is 23.3 Å². The van der Waals surface area contributed by atoms with Crippen LogP contribution in [0, 0.1) is 5.40 Å². The van der Waals surface area contributed by atoms with Crippen molar-refractivity contribution >= 4 is 29.7 Å². The van der Waals surface area contributed by atoms with E-state index in [1.54, 1.807) is 18.2 Å². The highest BCUT2D eigenvalue weighted by Gasteiger charge is 2.04. The molecule has 0 bridgehead atoms. The zero-order chi connectivity index (χ0) is 15.5. The normalized spacial score (nSPS) is 11.3. The maximum absolute atomic E-state index is 9.00. The molecule has 5 N–H and O–H groups in total. The van der Waals surface area contributed by atoms with E-state index in [4.69, 9.17) is 33.4 Å². The van der Waals surface area contributed by atoms with Crippen molar-refractivity contribution in [3.05, 3.63) is 28.8 Å². The van der Waals surface area contributed by atoms with Gasteiger partial charge >= 0.3 is 0 Å². The molecule has 0 aliphatic rings. The second-order valence-corrected chi connectivity index (χ2v) is 3.54. The monoisotopic (exact) mass is 286 g/mol. The van der Waals surface area contributed by atoms with E-state index in [2.05, 4.69) is 15.9 Å². The summed E-state index contributed by atoms with van der Waals surface area (Å²) in [5, 5.41) is 14.6. The van der Waals surface area contributed by atoms with E-state index in [-0.39, 0.29) is 5.96 Å². The third-order valence-corrected chi connectivity index (χ3v) is 1.94. The van der Waals surface area contributed by atoms with Gasteiger partial charge in [0.2, 0.25) is 5.96 Å². The molecule has 19 heavy (non-hydrogen) atoms. The lowest BCUT2D eigenvalue weighted by atomic mass is 10.2. The highest BCUT2D eigenvalue weighted by Crippen LogP contribution is 2.23. The van der Waals surface area contributed by atoms with Crippen molar-refractivity contribution in [2.45, 2.75) is 6.92 Å². The summed E-state index contributed by atoms with van der Waals surface area (Å²) < 4.78 is 11.7.